The van der Waals surface area contributed by atoms with Crippen molar-refractivity contribution >= 4 is 0 Å². The molecule has 0 amide bonds. The molecule has 0 unspecified atom stereocenters. The summed E-state index contributed by atoms with van der Waals surface area (Å²) in [5, 5.41) is 10.5. The van der Waals surface area contributed by atoms with E-state index in [4.69, 9.17) is 9.47 Å². The van der Waals surface area contributed by atoms with Gasteiger partial charge in [-0.2, -0.15) is 0 Å². The number of rotatable bonds is 0. The second-order valence-corrected chi connectivity index (χ2v) is 7.12. The van der Waals surface area contributed by atoms with Gasteiger partial charge in [0.15, 0.2) is 5.79 Å². The number of hydrogen-bond acceptors (Lipinski definition) is 3. The molecule has 19 heavy (non-hydrogen) atoms. The van der Waals surface area contributed by atoms with Gasteiger partial charge in [-0.3, -0.25) is 0 Å². The molecule has 3 saturated carbocycles. The molecule has 4 fully saturated rings. The van der Waals surface area contributed by atoms with Crippen molar-refractivity contribution in [2.45, 2.75) is 94.7 Å². The average molecular weight is 266 g/mol. The summed E-state index contributed by atoms with van der Waals surface area (Å²) in [6.07, 6.45) is 12.9. The second-order valence-electron chi connectivity index (χ2n) is 7.12. The highest BCUT2D eigenvalue weighted by Crippen LogP contribution is 2.62. The Kier molecular flexibility index (Phi) is 2.95. The third kappa shape index (κ3) is 1.68. The van der Waals surface area contributed by atoms with Crippen LogP contribution in [0.4, 0.5) is 0 Å². The molecule has 4 atom stereocenters. The van der Waals surface area contributed by atoms with E-state index < -0.39 is 5.79 Å². The zero-order chi connectivity index (χ0) is 12.9. The summed E-state index contributed by atoms with van der Waals surface area (Å²) in [6.45, 7) is 0. The Morgan fingerprint density at radius 1 is 0.737 bits per heavy atom. The van der Waals surface area contributed by atoms with Crippen molar-refractivity contribution in [3.8, 4) is 0 Å². The van der Waals surface area contributed by atoms with Crippen molar-refractivity contribution in [3.05, 3.63) is 0 Å². The van der Waals surface area contributed by atoms with E-state index in [9.17, 15) is 5.11 Å². The molecule has 4 aliphatic rings. The van der Waals surface area contributed by atoms with Gasteiger partial charge in [0.1, 0.15) is 0 Å². The van der Waals surface area contributed by atoms with E-state index in [1.165, 1.54) is 19.3 Å². The average Bonchev–Trinajstić information content (AvgIpc) is 3.00. The third-order valence-electron chi connectivity index (χ3n) is 6.20. The highest BCUT2D eigenvalue weighted by Gasteiger charge is 2.66. The maximum Gasteiger partial charge on any atom is 0.177 e. The number of hydrogen-bond donors (Lipinski definition) is 1. The van der Waals surface area contributed by atoms with Gasteiger partial charge < -0.3 is 14.6 Å². The van der Waals surface area contributed by atoms with Crippen molar-refractivity contribution < 1.29 is 14.6 Å². The fourth-order valence-electron chi connectivity index (χ4n) is 5.24. The second kappa shape index (κ2) is 4.44. The fraction of sp³-hybridized carbons (Fsp3) is 1.00. The first-order chi connectivity index (χ1) is 9.26. The third-order valence-corrected chi connectivity index (χ3v) is 6.20. The van der Waals surface area contributed by atoms with Crippen LogP contribution in [0, 0.1) is 5.41 Å². The molecule has 3 nitrogen and oxygen atoms in total. The number of fused-ring (bicyclic) bond motifs is 2. The van der Waals surface area contributed by atoms with Gasteiger partial charge in [-0.15, -0.1) is 0 Å². The molecule has 1 N–H and O–H groups in total. The van der Waals surface area contributed by atoms with Crippen LogP contribution in [0.1, 0.15) is 70.6 Å². The van der Waals surface area contributed by atoms with Gasteiger partial charge in [0, 0.05) is 6.42 Å². The maximum absolute atomic E-state index is 10.5. The molecular formula is C16H26O3. The molecule has 2 spiro atoms. The van der Waals surface area contributed by atoms with Gasteiger partial charge in [-0.1, -0.05) is 19.3 Å². The molecule has 0 aromatic heterocycles. The Morgan fingerprint density at radius 3 is 2.05 bits per heavy atom. The molecule has 4 rings (SSSR count). The van der Waals surface area contributed by atoms with Crippen molar-refractivity contribution in [1.82, 2.24) is 0 Å². The van der Waals surface area contributed by atoms with Crippen LogP contribution in [-0.4, -0.2) is 29.2 Å². The molecular weight excluding hydrogens is 240 g/mol. The minimum atomic E-state index is -0.435. The largest absolute Gasteiger partial charge is 0.392 e. The smallest absolute Gasteiger partial charge is 0.177 e. The van der Waals surface area contributed by atoms with Crippen LogP contribution in [0.2, 0.25) is 0 Å². The van der Waals surface area contributed by atoms with E-state index in [-0.39, 0.29) is 11.5 Å². The van der Waals surface area contributed by atoms with Crippen molar-refractivity contribution in [2.75, 3.05) is 0 Å². The van der Waals surface area contributed by atoms with Gasteiger partial charge in [-0.05, 0) is 44.9 Å². The van der Waals surface area contributed by atoms with Crippen LogP contribution >= 0.6 is 0 Å². The molecule has 3 aliphatic carbocycles. The molecule has 0 radical (unpaired) electrons. The lowest BCUT2D eigenvalue weighted by Crippen LogP contribution is -2.50. The van der Waals surface area contributed by atoms with Crippen LogP contribution in [0.3, 0.4) is 0 Å². The molecule has 0 aromatic carbocycles. The Labute approximate surface area is 115 Å². The summed E-state index contributed by atoms with van der Waals surface area (Å²) in [4.78, 5) is 0. The first kappa shape index (κ1) is 12.6. The molecule has 0 aromatic rings. The highest BCUT2D eigenvalue weighted by atomic mass is 16.8. The predicted molar refractivity (Wildman–Crippen MR) is 71.7 cm³/mol. The zero-order valence-corrected chi connectivity index (χ0v) is 11.8. The van der Waals surface area contributed by atoms with Crippen molar-refractivity contribution in [2.24, 2.45) is 5.41 Å². The standard InChI is InChI=1S/C16H26O3/c17-14-8-4-9-15(14)10-5-11-16(15)18-12-6-2-1-3-7-13(12)19-16/h12-14,17H,1-11H2/t12-,13-,14-,15-/m1/s1. The summed E-state index contributed by atoms with van der Waals surface area (Å²) < 4.78 is 13.0. The Morgan fingerprint density at radius 2 is 1.42 bits per heavy atom. The van der Waals surface area contributed by atoms with Gasteiger partial charge in [0.05, 0.1) is 23.7 Å². The number of ether oxygens (including phenoxy) is 2. The molecule has 1 heterocycles. The topological polar surface area (TPSA) is 38.7 Å². The highest BCUT2D eigenvalue weighted by molar-refractivity contribution is 5.09. The van der Waals surface area contributed by atoms with Gasteiger partial charge in [-0.25, -0.2) is 0 Å². The van der Waals surface area contributed by atoms with E-state index in [0.717, 1.165) is 51.4 Å². The Hall–Kier alpha value is -0.120. The zero-order valence-electron chi connectivity index (χ0n) is 11.8. The van der Waals surface area contributed by atoms with Crippen LogP contribution in [0.5, 0.6) is 0 Å². The molecule has 1 aliphatic heterocycles. The van der Waals surface area contributed by atoms with Crippen LogP contribution in [0.15, 0.2) is 0 Å². The first-order valence-electron chi connectivity index (χ1n) is 8.30. The van der Waals surface area contributed by atoms with Crippen LogP contribution in [-0.2, 0) is 9.47 Å². The van der Waals surface area contributed by atoms with Crippen molar-refractivity contribution in [1.29, 1.82) is 0 Å². The summed E-state index contributed by atoms with van der Waals surface area (Å²) in [5.41, 5.74) is -0.0841. The van der Waals surface area contributed by atoms with E-state index in [0.29, 0.717) is 12.2 Å². The van der Waals surface area contributed by atoms with Gasteiger partial charge in [0.2, 0.25) is 0 Å². The lowest BCUT2D eigenvalue weighted by Gasteiger charge is -2.42. The molecule has 1 saturated heterocycles. The molecule has 3 heteroatoms. The summed E-state index contributed by atoms with van der Waals surface area (Å²) >= 11 is 0. The quantitative estimate of drug-likeness (QED) is 0.732. The van der Waals surface area contributed by atoms with Crippen LogP contribution < -0.4 is 0 Å². The molecule has 108 valence electrons. The SMILES string of the molecule is O[C@@H]1CCC[C@@]12CCCC21O[C@@H]2CCCCC[C@H]2O1. The van der Waals surface area contributed by atoms with E-state index >= 15 is 0 Å². The summed E-state index contributed by atoms with van der Waals surface area (Å²) in [5.74, 6) is -0.435. The normalized spacial score (nSPS) is 48.8. The Bertz CT molecular complexity index is 338. The van der Waals surface area contributed by atoms with Gasteiger partial charge in [0.25, 0.3) is 0 Å². The van der Waals surface area contributed by atoms with Crippen molar-refractivity contribution in [3.63, 3.8) is 0 Å². The van der Waals surface area contributed by atoms with E-state index in [2.05, 4.69) is 0 Å². The minimum Gasteiger partial charge on any atom is -0.392 e. The first-order valence-corrected chi connectivity index (χ1v) is 8.30. The van der Waals surface area contributed by atoms with Crippen LogP contribution in [0.25, 0.3) is 0 Å². The lowest BCUT2D eigenvalue weighted by molar-refractivity contribution is -0.255. The van der Waals surface area contributed by atoms with Gasteiger partial charge >= 0.3 is 0 Å². The maximum atomic E-state index is 10.5. The Balaban J connectivity index is 1.63. The fourth-order valence-corrected chi connectivity index (χ4v) is 5.24. The monoisotopic (exact) mass is 266 g/mol. The number of aliphatic hydroxyl groups excluding tert-OH is 1. The number of aliphatic hydroxyl groups is 1. The lowest BCUT2D eigenvalue weighted by atomic mass is 9.77. The molecule has 0 bridgehead atoms. The minimum absolute atomic E-state index is 0.0841. The predicted octanol–water partition coefficient (Wildman–Crippen LogP) is 3.15. The van der Waals surface area contributed by atoms with E-state index in [1.807, 2.05) is 0 Å². The van der Waals surface area contributed by atoms with E-state index in [1.54, 1.807) is 0 Å². The summed E-state index contributed by atoms with van der Waals surface area (Å²) in [7, 11) is 0. The summed E-state index contributed by atoms with van der Waals surface area (Å²) in [6, 6.07) is 0.